The maximum absolute atomic E-state index is 6.86. The smallest absolute Gasteiger partial charge is 0.227 e. The Labute approximate surface area is 54.0 Å². The number of nitrogens with one attached hydrogen (secondary N) is 3. The molecule has 0 fully saturated rings. The van der Waals surface area contributed by atoms with Crippen molar-refractivity contribution in [2.24, 2.45) is 5.84 Å². The Hall–Kier alpha value is -0.810. The Morgan fingerprint density at radius 2 is 2.22 bits per heavy atom. The molecule has 0 aromatic rings. The molecule has 0 saturated heterocycles. The summed E-state index contributed by atoms with van der Waals surface area (Å²) in [4.78, 5) is 4.78. The van der Waals surface area contributed by atoms with Crippen LogP contribution in [0.25, 0.3) is 0 Å². The lowest BCUT2D eigenvalue weighted by Gasteiger charge is -2.08. The van der Waals surface area contributed by atoms with Gasteiger partial charge in [0.2, 0.25) is 5.96 Å². The van der Waals surface area contributed by atoms with Gasteiger partial charge in [-0.3, -0.25) is 15.7 Å². The van der Waals surface area contributed by atoms with Gasteiger partial charge < -0.3 is 0 Å². The zero-order chi connectivity index (χ0) is 7.28. The lowest BCUT2D eigenvalue weighted by atomic mass is 10.5. The van der Waals surface area contributed by atoms with Crippen LogP contribution in [0, 0.1) is 5.41 Å². The van der Waals surface area contributed by atoms with Gasteiger partial charge in [0.1, 0.15) is 0 Å². The first-order chi connectivity index (χ1) is 4.16. The second kappa shape index (κ2) is 4.11. The van der Waals surface area contributed by atoms with Crippen molar-refractivity contribution >= 4 is 5.96 Å². The lowest BCUT2D eigenvalue weighted by Crippen LogP contribution is -2.41. The summed E-state index contributed by atoms with van der Waals surface area (Å²) in [6.07, 6.45) is 0.0405. The van der Waals surface area contributed by atoms with Crippen molar-refractivity contribution in [2.75, 3.05) is 0 Å². The molecular weight excluding hydrogens is 120 g/mol. The maximum atomic E-state index is 6.86. The molecule has 0 radical (unpaired) electrons. The topological polar surface area (TPSA) is 83.2 Å². The molecule has 0 amide bonds. The molecule has 0 unspecified atom stereocenters. The fraction of sp³-hybridized carbons (Fsp3) is 0.750. The Morgan fingerprint density at radius 3 is 2.56 bits per heavy atom. The van der Waals surface area contributed by atoms with Crippen LogP contribution in [0.2, 0.25) is 0 Å². The fourth-order valence-electron chi connectivity index (χ4n) is 0.206. The third-order valence-electron chi connectivity index (χ3n) is 0.541. The van der Waals surface area contributed by atoms with E-state index in [4.69, 9.17) is 16.1 Å². The number of guanidine groups is 1. The van der Waals surface area contributed by atoms with Gasteiger partial charge in [-0.15, -0.1) is 0 Å². The van der Waals surface area contributed by atoms with Crippen LogP contribution in [0.3, 0.4) is 0 Å². The van der Waals surface area contributed by atoms with E-state index in [0.29, 0.717) is 0 Å². The first-order valence-electron chi connectivity index (χ1n) is 2.63. The molecule has 0 aliphatic carbocycles. The fourth-order valence-corrected chi connectivity index (χ4v) is 0.206. The average Bonchev–Trinajstić information content (AvgIpc) is 1.83. The summed E-state index contributed by atoms with van der Waals surface area (Å²) in [7, 11) is 0. The Morgan fingerprint density at radius 1 is 1.67 bits per heavy atom. The molecule has 9 heavy (non-hydrogen) atoms. The van der Waals surface area contributed by atoms with Crippen LogP contribution < -0.4 is 16.7 Å². The molecule has 0 aromatic heterocycles. The highest BCUT2D eigenvalue weighted by atomic mass is 16.7. The van der Waals surface area contributed by atoms with Crippen molar-refractivity contribution in [1.82, 2.24) is 10.9 Å². The monoisotopic (exact) mass is 132 g/mol. The van der Waals surface area contributed by atoms with E-state index in [0.717, 1.165) is 0 Å². The summed E-state index contributed by atoms with van der Waals surface area (Å²) in [5.41, 5.74) is 4.35. The minimum atomic E-state index is -0.0521. The predicted molar refractivity (Wildman–Crippen MR) is 34.4 cm³/mol. The van der Waals surface area contributed by atoms with Crippen LogP contribution >= 0.6 is 0 Å². The van der Waals surface area contributed by atoms with Crippen molar-refractivity contribution in [3.63, 3.8) is 0 Å². The quantitative estimate of drug-likeness (QED) is 0.173. The number of hydrogen-bond acceptors (Lipinski definition) is 3. The van der Waals surface area contributed by atoms with Gasteiger partial charge in [0.15, 0.2) is 0 Å². The molecule has 0 spiro atoms. The second-order valence-corrected chi connectivity index (χ2v) is 1.79. The van der Waals surface area contributed by atoms with E-state index < -0.39 is 0 Å². The van der Waals surface area contributed by atoms with Gasteiger partial charge in [0, 0.05) is 0 Å². The molecular formula is C4H12N4O. The molecule has 0 aromatic carbocycles. The van der Waals surface area contributed by atoms with Gasteiger partial charge in [0.05, 0.1) is 6.10 Å². The third kappa shape index (κ3) is 5.05. The highest BCUT2D eigenvalue weighted by Crippen LogP contribution is 1.79. The van der Waals surface area contributed by atoms with Gasteiger partial charge in [-0.25, -0.2) is 11.3 Å². The number of nitrogens with two attached hydrogens (primary N) is 1. The summed E-state index contributed by atoms with van der Waals surface area (Å²) in [6, 6.07) is 0. The lowest BCUT2D eigenvalue weighted by molar-refractivity contribution is 0.0307. The summed E-state index contributed by atoms with van der Waals surface area (Å²) >= 11 is 0. The maximum Gasteiger partial charge on any atom is 0.227 e. The van der Waals surface area contributed by atoms with E-state index in [-0.39, 0.29) is 12.1 Å². The minimum Gasteiger partial charge on any atom is -0.293 e. The summed E-state index contributed by atoms with van der Waals surface area (Å²) in [5, 5.41) is 6.86. The van der Waals surface area contributed by atoms with Gasteiger partial charge in [-0.05, 0) is 13.8 Å². The van der Waals surface area contributed by atoms with Crippen LogP contribution in [0.5, 0.6) is 0 Å². The first kappa shape index (κ1) is 8.19. The highest BCUT2D eigenvalue weighted by molar-refractivity contribution is 5.74. The highest BCUT2D eigenvalue weighted by Gasteiger charge is 1.92. The van der Waals surface area contributed by atoms with E-state index in [1.54, 1.807) is 0 Å². The third-order valence-corrected chi connectivity index (χ3v) is 0.541. The molecule has 0 aliphatic rings. The van der Waals surface area contributed by atoms with Crippen molar-refractivity contribution in [3.05, 3.63) is 0 Å². The molecule has 0 bridgehead atoms. The molecule has 0 atom stereocenters. The Kier molecular flexibility index (Phi) is 3.74. The molecule has 5 N–H and O–H groups in total. The molecule has 5 nitrogen and oxygen atoms in total. The van der Waals surface area contributed by atoms with Crippen LogP contribution in [0.4, 0.5) is 0 Å². The molecule has 0 aliphatic heterocycles. The minimum absolute atomic E-state index is 0.0405. The SMILES string of the molecule is CC(C)ONC(=N)NN. The van der Waals surface area contributed by atoms with Gasteiger partial charge in [-0.2, -0.15) is 0 Å². The molecule has 5 heteroatoms. The van der Waals surface area contributed by atoms with Gasteiger partial charge in [-0.1, -0.05) is 0 Å². The van der Waals surface area contributed by atoms with Crippen molar-refractivity contribution in [2.45, 2.75) is 20.0 Å². The standard InChI is InChI=1S/C4H12N4O/c1-3(2)9-8-4(5)7-6/h3H,6H2,1-2H3,(H3,5,7,8). The van der Waals surface area contributed by atoms with Gasteiger partial charge in [0.25, 0.3) is 0 Å². The van der Waals surface area contributed by atoms with Crippen molar-refractivity contribution in [1.29, 1.82) is 5.41 Å². The number of hydrogen-bond donors (Lipinski definition) is 4. The Bertz CT molecular complexity index is 92.6. The van der Waals surface area contributed by atoms with Crippen LogP contribution in [0.15, 0.2) is 0 Å². The summed E-state index contributed by atoms with van der Waals surface area (Å²) < 4.78 is 0. The van der Waals surface area contributed by atoms with E-state index >= 15 is 0 Å². The molecule has 0 heterocycles. The van der Waals surface area contributed by atoms with E-state index in [9.17, 15) is 0 Å². The van der Waals surface area contributed by atoms with Crippen molar-refractivity contribution < 1.29 is 4.84 Å². The predicted octanol–water partition coefficient (Wildman–Crippen LogP) is -0.686. The van der Waals surface area contributed by atoms with E-state index in [1.807, 2.05) is 13.8 Å². The average molecular weight is 132 g/mol. The Balaban J connectivity index is 3.17. The van der Waals surface area contributed by atoms with Crippen LogP contribution in [-0.4, -0.2) is 12.1 Å². The van der Waals surface area contributed by atoms with E-state index in [1.165, 1.54) is 0 Å². The number of hydroxylamine groups is 1. The zero-order valence-electron chi connectivity index (χ0n) is 5.56. The van der Waals surface area contributed by atoms with Crippen molar-refractivity contribution in [3.8, 4) is 0 Å². The summed E-state index contributed by atoms with van der Waals surface area (Å²) in [6.45, 7) is 3.69. The molecule has 0 rings (SSSR count). The van der Waals surface area contributed by atoms with Crippen LogP contribution in [0.1, 0.15) is 13.8 Å². The van der Waals surface area contributed by atoms with Gasteiger partial charge >= 0.3 is 0 Å². The normalized spacial score (nSPS) is 9.33. The van der Waals surface area contributed by atoms with Crippen LogP contribution in [-0.2, 0) is 4.84 Å². The molecule has 0 saturated carbocycles. The second-order valence-electron chi connectivity index (χ2n) is 1.79. The summed E-state index contributed by atoms with van der Waals surface area (Å²) in [5.74, 6) is 4.79. The first-order valence-corrected chi connectivity index (χ1v) is 2.63. The largest absolute Gasteiger partial charge is 0.293 e. The zero-order valence-corrected chi connectivity index (χ0v) is 5.56. The number of rotatable bonds is 2. The molecule has 54 valence electrons. The number of hydrazine groups is 1. The van der Waals surface area contributed by atoms with E-state index in [2.05, 4.69) is 10.9 Å².